The van der Waals surface area contributed by atoms with Gasteiger partial charge >= 0.3 is 0 Å². The molecule has 0 aliphatic carbocycles. The predicted octanol–water partition coefficient (Wildman–Crippen LogP) is 3.58. The molecule has 0 saturated heterocycles. The second kappa shape index (κ2) is 6.79. The Hall–Kier alpha value is -1.49. The highest BCUT2D eigenvalue weighted by Crippen LogP contribution is 2.31. The molecule has 0 aliphatic heterocycles. The lowest BCUT2D eigenvalue weighted by Crippen LogP contribution is -2.16. The van der Waals surface area contributed by atoms with E-state index in [1.165, 1.54) is 0 Å². The van der Waals surface area contributed by atoms with Crippen molar-refractivity contribution < 1.29 is 5.11 Å². The van der Waals surface area contributed by atoms with Crippen LogP contribution < -0.4 is 10.6 Å². The Kier molecular flexibility index (Phi) is 5.06. The third-order valence-electron chi connectivity index (χ3n) is 2.86. The van der Waals surface area contributed by atoms with Crippen molar-refractivity contribution in [2.45, 2.75) is 6.04 Å². The van der Waals surface area contributed by atoms with E-state index in [0.717, 1.165) is 5.56 Å². The van der Waals surface area contributed by atoms with Gasteiger partial charge in [0.2, 0.25) is 0 Å². The summed E-state index contributed by atoms with van der Waals surface area (Å²) in [5.74, 6) is 1.01. The van der Waals surface area contributed by atoms with Crippen molar-refractivity contribution in [3.05, 3.63) is 52.0 Å². The van der Waals surface area contributed by atoms with E-state index in [2.05, 4.69) is 15.6 Å². The summed E-state index contributed by atoms with van der Waals surface area (Å²) in [6.07, 6.45) is 0. The van der Waals surface area contributed by atoms with E-state index < -0.39 is 0 Å². The van der Waals surface area contributed by atoms with Gasteiger partial charge < -0.3 is 15.7 Å². The van der Waals surface area contributed by atoms with E-state index in [1.54, 1.807) is 13.1 Å². The van der Waals surface area contributed by atoms with Crippen LogP contribution >= 0.6 is 23.2 Å². The van der Waals surface area contributed by atoms with Gasteiger partial charge in [0.25, 0.3) is 0 Å². The van der Waals surface area contributed by atoms with Crippen LogP contribution in [0.4, 0.5) is 11.6 Å². The highest BCUT2D eigenvalue weighted by Gasteiger charge is 2.14. The van der Waals surface area contributed by atoms with Gasteiger partial charge in [-0.05, 0) is 11.6 Å². The number of hydrogen-bond donors (Lipinski definition) is 3. The first kappa shape index (κ1) is 14.9. The van der Waals surface area contributed by atoms with Crippen molar-refractivity contribution in [3.63, 3.8) is 0 Å². The van der Waals surface area contributed by atoms with Crippen LogP contribution in [0.2, 0.25) is 10.0 Å². The molecule has 1 aromatic carbocycles. The van der Waals surface area contributed by atoms with Crippen molar-refractivity contribution >= 4 is 34.8 Å². The average molecular weight is 312 g/mol. The summed E-state index contributed by atoms with van der Waals surface area (Å²) in [7, 11) is 1.73. The molecule has 0 radical (unpaired) electrons. The molecule has 1 aromatic heterocycles. The maximum Gasteiger partial charge on any atom is 0.147 e. The lowest BCUT2D eigenvalue weighted by molar-refractivity contribution is 0.276. The monoisotopic (exact) mass is 311 g/mol. The van der Waals surface area contributed by atoms with E-state index in [9.17, 15) is 5.11 Å². The fourth-order valence-corrected chi connectivity index (χ4v) is 2.34. The number of nitrogens with one attached hydrogen (secondary N) is 2. The van der Waals surface area contributed by atoms with Crippen LogP contribution in [0.1, 0.15) is 11.6 Å². The molecule has 6 heteroatoms. The number of pyridine rings is 1. The van der Waals surface area contributed by atoms with Crippen LogP contribution in [0.3, 0.4) is 0 Å². The molecule has 0 fully saturated rings. The highest BCUT2D eigenvalue weighted by atomic mass is 35.5. The number of nitrogens with zero attached hydrogens (tertiary/aromatic N) is 1. The normalized spacial score (nSPS) is 12.0. The van der Waals surface area contributed by atoms with E-state index in [0.29, 0.717) is 21.7 Å². The number of halogens is 2. The van der Waals surface area contributed by atoms with E-state index in [-0.39, 0.29) is 12.6 Å². The minimum Gasteiger partial charge on any atom is -0.394 e. The van der Waals surface area contributed by atoms with Crippen LogP contribution in [-0.2, 0) is 0 Å². The molecule has 0 aliphatic rings. The molecular formula is C14H15Cl2N3O. The van der Waals surface area contributed by atoms with Gasteiger partial charge in [-0.15, -0.1) is 0 Å². The number of anilines is 2. The average Bonchev–Trinajstić information content (AvgIpc) is 2.47. The highest BCUT2D eigenvalue weighted by molar-refractivity contribution is 6.37. The van der Waals surface area contributed by atoms with E-state index in [4.69, 9.17) is 23.2 Å². The van der Waals surface area contributed by atoms with Gasteiger partial charge in [-0.2, -0.15) is 0 Å². The van der Waals surface area contributed by atoms with Gasteiger partial charge in [0.15, 0.2) is 0 Å². The lowest BCUT2D eigenvalue weighted by atomic mass is 10.1. The fraction of sp³-hybridized carbons (Fsp3) is 0.214. The SMILES string of the molecule is CNc1nc(NC(CO)c2ccccc2)c(Cl)cc1Cl. The van der Waals surface area contributed by atoms with Gasteiger partial charge in [0.05, 0.1) is 22.7 Å². The Bertz CT molecular complexity index is 578. The molecule has 20 heavy (non-hydrogen) atoms. The van der Waals surface area contributed by atoms with E-state index >= 15 is 0 Å². The summed E-state index contributed by atoms with van der Waals surface area (Å²) < 4.78 is 0. The van der Waals surface area contributed by atoms with Gasteiger partial charge in [-0.25, -0.2) is 4.98 Å². The molecule has 0 bridgehead atoms. The molecule has 0 spiro atoms. The summed E-state index contributed by atoms with van der Waals surface area (Å²) in [4.78, 5) is 4.31. The fourth-order valence-electron chi connectivity index (χ4n) is 1.83. The van der Waals surface area contributed by atoms with E-state index in [1.807, 2.05) is 30.3 Å². The molecular weight excluding hydrogens is 297 g/mol. The maximum atomic E-state index is 9.54. The summed E-state index contributed by atoms with van der Waals surface area (Å²) in [5.41, 5.74) is 0.953. The van der Waals surface area contributed by atoms with Crippen LogP contribution in [0.25, 0.3) is 0 Å². The predicted molar refractivity (Wildman–Crippen MR) is 83.7 cm³/mol. The number of hydrogen-bond acceptors (Lipinski definition) is 4. The molecule has 0 saturated carbocycles. The maximum absolute atomic E-state index is 9.54. The number of aromatic nitrogens is 1. The van der Waals surface area contributed by atoms with Crippen molar-refractivity contribution in [1.82, 2.24) is 4.98 Å². The Morgan fingerprint density at radius 1 is 1.15 bits per heavy atom. The van der Waals surface area contributed by atoms with Gasteiger partial charge in [0, 0.05) is 7.05 Å². The molecule has 1 unspecified atom stereocenters. The third-order valence-corrected chi connectivity index (χ3v) is 3.44. The Morgan fingerprint density at radius 3 is 2.40 bits per heavy atom. The van der Waals surface area contributed by atoms with Crippen LogP contribution in [0.5, 0.6) is 0 Å². The van der Waals surface area contributed by atoms with Crippen molar-refractivity contribution in [1.29, 1.82) is 0 Å². The molecule has 2 rings (SSSR count). The first-order chi connectivity index (χ1) is 9.65. The molecule has 1 heterocycles. The number of benzene rings is 1. The Balaban J connectivity index is 2.28. The molecule has 1 atom stereocenters. The van der Waals surface area contributed by atoms with Gasteiger partial charge in [-0.3, -0.25) is 0 Å². The molecule has 0 amide bonds. The number of aliphatic hydroxyl groups is 1. The third kappa shape index (κ3) is 3.33. The summed E-state index contributed by atoms with van der Waals surface area (Å²) >= 11 is 12.1. The lowest BCUT2D eigenvalue weighted by Gasteiger charge is -2.19. The molecule has 106 valence electrons. The Morgan fingerprint density at radius 2 is 1.80 bits per heavy atom. The second-order valence-electron chi connectivity index (χ2n) is 4.19. The largest absolute Gasteiger partial charge is 0.394 e. The quantitative estimate of drug-likeness (QED) is 0.790. The molecule has 3 N–H and O–H groups in total. The van der Waals surface area contributed by atoms with Crippen LogP contribution in [0.15, 0.2) is 36.4 Å². The van der Waals surface area contributed by atoms with Crippen LogP contribution in [0, 0.1) is 0 Å². The zero-order valence-electron chi connectivity index (χ0n) is 10.9. The number of aliphatic hydroxyl groups excluding tert-OH is 1. The summed E-state index contributed by atoms with van der Waals surface area (Å²) in [5, 5.41) is 16.4. The van der Waals surface area contributed by atoms with Crippen molar-refractivity contribution in [2.75, 3.05) is 24.3 Å². The van der Waals surface area contributed by atoms with Gasteiger partial charge in [-0.1, -0.05) is 53.5 Å². The first-order valence-electron chi connectivity index (χ1n) is 6.12. The summed E-state index contributed by atoms with van der Waals surface area (Å²) in [6.45, 7) is -0.0699. The smallest absolute Gasteiger partial charge is 0.147 e. The van der Waals surface area contributed by atoms with Crippen LogP contribution in [-0.4, -0.2) is 23.7 Å². The second-order valence-corrected chi connectivity index (χ2v) is 5.00. The number of rotatable bonds is 5. The van der Waals surface area contributed by atoms with Gasteiger partial charge in [0.1, 0.15) is 11.6 Å². The minimum atomic E-state index is -0.285. The zero-order chi connectivity index (χ0) is 14.5. The van der Waals surface area contributed by atoms with Crippen molar-refractivity contribution in [3.8, 4) is 0 Å². The molecule has 4 nitrogen and oxygen atoms in total. The first-order valence-corrected chi connectivity index (χ1v) is 6.87. The minimum absolute atomic E-state index is 0.0699. The zero-order valence-corrected chi connectivity index (χ0v) is 12.4. The van der Waals surface area contributed by atoms with Crippen molar-refractivity contribution in [2.24, 2.45) is 0 Å². The Labute approximate surface area is 127 Å². The topological polar surface area (TPSA) is 57.2 Å². The standard InChI is InChI=1S/C14H15Cl2N3O/c1-17-13-10(15)7-11(16)14(19-13)18-12(8-20)9-5-3-2-4-6-9/h2-7,12,20H,8H2,1H3,(H2,17,18,19). The molecule has 2 aromatic rings. The summed E-state index contributed by atoms with van der Waals surface area (Å²) in [6, 6.07) is 10.9.